The van der Waals surface area contributed by atoms with Gasteiger partial charge >= 0.3 is 12.0 Å². The molecule has 6 nitrogen and oxygen atoms in total. The molecule has 21 heavy (non-hydrogen) atoms. The van der Waals surface area contributed by atoms with Crippen LogP contribution in [0.1, 0.15) is 47.0 Å². The van der Waals surface area contributed by atoms with E-state index in [1.165, 1.54) is 0 Å². The van der Waals surface area contributed by atoms with Gasteiger partial charge in [-0.1, -0.05) is 20.8 Å². The molecule has 1 aliphatic rings. The van der Waals surface area contributed by atoms with E-state index in [2.05, 4.69) is 19.2 Å². The number of amides is 2. The summed E-state index contributed by atoms with van der Waals surface area (Å²) in [7, 11) is 0. The molecule has 1 saturated carbocycles. The topological polar surface area (TPSA) is 78.9 Å². The highest BCUT2D eigenvalue weighted by atomic mass is 16.5. The SMILES string of the molecule is CCCN(C(=O)NCCC(=O)O)C1CC(OCC)C1(C)C. The molecule has 0 spiro atoms. The number of carbonyl (C=O) groups is 2. The smallest absolute Gasteiger partial charge is 0.317 e. The fourth-order valence-corrected chi connectivity index (χ4v) is 2.89. The number of nitrogens with zero attached hydrogens (tertiary/aromatic N) is 1. The van der Waals surface area contributed by atoms with Crippen LogP contribution >= 0.6 is 0 Å². The summed E-state index contributed by atoms with van der Waals surface area (Å²) < 4.78 is 5.71. The predicted molar refractivity (Wildman–Crippen MR) is 80.2 cm³/mol. The zero-order valence-electron chi connectivity index (χ0n) is 13.5. The predicted octanol–water partition coefficient (Wildman–Crippen LogP) is 2.09. The van der Waals surface area contributed by atoms with Crippen LogP contribution in [0.4, 0.5) is 4.79 Å². The summed E-state index contributed by atoms with van der Waals surface area (Å²) in [6.45, 7) is 9.76. The van der Waals surface area contributed by atoms with Crippen molar-refractivity contribution in [1.82, 2.24) is 10.2 Å². The summed E-state index contributed by atoms with van der Waals surface area (Å²) in [6.07, 6.45) is 1.84. The first-order chi connectivity index (χ1) is 9.84. The Morgan fingerprint density at radius 3 is 2.52 bits per heavy atom. The largest absolute Gasteiger partial charge is 0.481 e. The van der Waals surface area contributed by atoms with Crippen molar-refractivity contribution < 1.29 is 19.4 Å². The van der Waals surface area contributed by atoms with Gasteiger partial charge in [0.1, 0.15) is 0 Å². The summed E-state index contributed by atoms with van der Waals surface area (Å²) in [5, 5.41) is 11.3. The number of nitrogens with one attached hydrogen (secondary N) is 1. The minimum atomic E-state index is -0.905. The van der Waals surface area contributed by atoms with E-state index in [4.69, 9.17) is 9.84 Å². The minimum absolute atomic E-state index is 0.0542. The van der Waals surface area contributed by atoms with E-state index in [9.17, 15) is 9.59 Å². The van der Waals surface area contributed by atoms with Gasteiger partial charge in [-0.3, -0.25) is 4.79 Å². The molecule has 0 aromatic carbocycles. The van der Waals surface area contributed by atoms with Crippen molar-refractivity contribution in [3.05, 3.63) is 0 Å². The van der Waals surface area contributed by atoms with Crippen molar-refractivity contribution in [2.75, 3.05) is 19.7 Å². The zero-order valence-corrected chi connectivity index (χ0v) is 13.5. The van der Waals surface area contributed by atoms with Crippen LogP contribution in [0.2, 0.25) is 0 Å². The Balaban J connectivity index is 2.61. The quantitative estimate of drug-likeness (QED) is 0.719. The molecule has 0 radical (unpaired) electrons. The van der Waals surface area contributed by atoms with Crippen molar-refractivity contribution >= 4 is 12.0 Å². The highest BCUT2D eigenvalue weighted by Gasteiger charge is 2.52. The van der Waals surface area contributed by atoms with Crippen LogP contribution < -0.4 is 5.32 Å². The summed E-state index contributed by atoms with van der Waals surface area (Å²) in [6, 6.07) is -0.0371. The van der Waals surface area contributed by atoms with Gasteiger partial charge in [-0.25, -0.2) is 4.79 Å². The number of ether oxygens (including phenoxy) is 1. The molecule has 2 N–H and O–H groups in total. The van der Waals surface area contributed by atoms with Crippen molar-refractivity contribution in [3.8, 4) is 0 Å². The molecule has 1 aliphatic carbocycles. The third-order valence-corrected chi connectivity index (χ3v) is 4.21. The lowest BCUT2D eigenvalue weighted by molar-refractivity contribution is -0.139. The zero-order chi connectivity index (χ0) is 16.0. The number of carbonyl (C=O) groups excluding carboxylic acids is 1. The molecule has 1 fully saturated rings. The lowest BCUT2D eigenvalue weighted by Gasteiger charge is -2.55. The monoisotopic (exact) mass is 300 g/mol. The Bertz CT molecular complexity index is 371. The standard InChI is InChI=1S/C15H28N2O4/c1-5-9-17(14(20)16-8-7-13(18)19)11-10-12(21-6-2)15(11,3)4/h11-12H,5-10H2,1-4H3,(H,16,20)(H,18,19). The lowest BCUT2D eigenvalue weighted by Crippen LogP contribution is -2.64. The summed E-state index contributed by atoms with van der Waals surface area (Å²) >= 11 is 0. The highest BCUT2D eigenvalue weighted by Crippen LogP contribution is 2.45. The van der Waals surface area contributed by atoms with E-state index in [-0.39, 0.29) is 36.6 Å². The molecule has 0 saturated heterocycles. The van der Waals surface area contributed by atoms with E-state index < -0.39 is 5.97 Å². The van der Waals surface area contributed by atoms with E-state index >= 15 is 0 Å². The Hall–Kier alpha value is -1.30. The maximum absolute atomic E-state index is 12.3. The first-order valence-corrected chi connectivity index (χ1v) is 7.72. The first-order valence-electron chi connectivity index (χ1n) is 7.72. The van der Waals surface area contributed by atoms with Gasteiger partial charge in [-0.2, -0.15) is 0 Å². The van der Waals surface area contributed by atoms with Gasteiger partial charge in [0.15, 0.2) is 0 Å². The van der Waals surface area contributed by atoms with Gasteiger partial charge in [-0.15, -0.1) is 0 Å². The summed E-state index contributed by atoms with van der Waals surface area (Å²) in [4.78, 5) is 24.6. The molecule has 0 aromatic heterocycles. The van der Waals surface area contributed by atoms with Gasteiger partial charge in [-0.05, 0) is 19.8 Å². The average Bonchev–Trinajstić information content (AvgIpc) is 2.40. The van der Waals surface area contributed by atoms with E-state index in [0.29, 0.717) is 13.2 Å². The number of carboxylic acids is 1. The highest BCUT2D eigenvalue weighted by molar-refractivity contribution is 5.75. The summed E-state index contributed by atoms with van der Waals surface area (Å²) in [5.41, 5.74) is -0.0741. The van der Waals surface area contributed by atoms with Crippen LogP contribution in [0.3, 0.4) is 0 Å². The molecule has 0 aromatic rings. The summed E-state index contributed by atoms with van der Waals surface area (Å²) in [5.74, 6) is -0.905. The lowest BCUT2D eigenvalue weighted by atomic mass is 9.63. The van der Waals surface area contributed by atoms with Gasteiger partial charge in [0.2, 0.25) is 0 Å². The van der Waals surface area contributed by atoms with Gasteiger partial charge in [0.25, 0.3) is 0 Å². The normalized spacial score (nSPS) is 23.2. The van der Waals surface area contributed by atoms with Crippen LogP contribution in [0.25, 0.3) is 0 Å². The molecule has 2 amide bonds. The van der Waals surface area contributed by atoms with Crippen molar-refractivity contribution in [2.45, 2.75) is 59.1 Å². The molecule has 2 unspecified atom stereocenters. The number of aliphatic carboxylic acids is 1. The second-order valence-electron chi connectivity index (χ2n) is 6.09. The van der Waals surface area contributed by atoms with Crippen LogP contribution in [0.5, 0.6) is 0 Å². The van der Waals surface area contributed by atoms with Crippen LogP contribution in [0.15, 0.2) is 0 Å². The Kier molecular flexibility index (Phi) is 6.45. The number of hydrogen-bond donors (Lipinski definition) is 2. The van der Waals surface area contributed by atoms with Crippen LogP contribution in [-0.4, -0.2) is 53.8 Å². The second-order valence-corrected chi connectivity index (χ2v) is 6.09. The van der Waals surface area contributed by atoms with Crippen molar-refractivity contribution in [3.63, 3.8) is 0 Å². The molecule has 6 heteroatoms. The molecule has 1 rings (SSSR count). The fraction of sp³-hybridized carbons (Fsp3) is 0.867. The number of hydrogen-bond acceptors (Lipinski definition) is 3. The minimum Gasteiger partial charge on any atom is -0.481 e. The Labute approximate surface area is 126 Å². The van der Waals surface area contributed by atoms with Crippen LogP contribution in [-0.2, 0) is 9.53 Å². The second kappa shape index (κ2) is 7.64. The van der Waals surface area contributed by atoms with Gasteiger partial charge in [0.05, 0.1) is 12.5 Å². The number of rotatable bonds is 8. The first kappa shape index (κ1) is 17.8. The maximum Gasteiger partial charge on any atom is 0.317 e. The molecule has 2 atom stereocenters. The Morgan fingerprint density at radius 1 is 1.38 bits per heavy atom. The molecular formula is C15H28N2O4. The van der Waals surface area contributed by atoms with E-state index in [1.54, 1.807) is 0 Å². The average molecular weight is 300 g/mol. The van der Waals surface area contributed by atoms with Crippen LogP contribution in [0, 0.1) is 5.41 Å². The molecule has 0 bridgehead atoms. The third-order valence-electron chi connectivity index (χ3n) is 4.21. The third kappa shape index (κ3) is 4.33. The molecule has 0 aliphatic heterocycles. The maximum atomic E-state index is 12.3. The number of carboxylic acid groups (broad SMARTS) is 1. The molecule has 122 valence electrons. The van der Waals surface area contributed by atoms with Crippen molar-refractivity contribution in [1.29, 1.82) is 0 Å². The fourth-order valence-electron chi connectivity index (χ4n) is 2.89. The van der Waals surface area contributed by atoms with E-state index in [0.717, 1.165) is 12.8 Å². The number of urea groups is 1. The van der Waals surface area contributed by atoms with Crippen molar-refractivity contribution in [2.24, 2.45) is 5.41 Å². The molecule has 0 heterocycles. The van der Waals surface area contributed by atoms with Gasteiger partial charge in [0, 0.05) is 31.2 Å². The van der Waals surface area contributed by atoms with E-state index in [1.807, 2.05) is 18.7 Å². The van der Waals surface area contributed by atoms with Gasteiger partial charge < -0.3 is 20.1 Å². The molecular weight excluding hydrogens is 272 g/mol. The Morgan fingerprint density at radius 2 is 2.05 bits per heavy atom.